The number of aryl methyl sites for hydroxylation is 1. The van der Waals surface area contributed by atoms with E-state index in [2.05, 4.69) is 20.7 Å². The van der Waals surface area contributed by atoms with E-state index in [1.54, 1.807) is 11.3 Å². The van der Waals surface area contributed by atoms with E-state index in [-0.39, 0.29) is 0 Å². The average molecular weight is 261 g/mol. The second-order valence-electron chi connectivity index (χ2n) is 3.66. The molecule has 0 aliphatic heterocycles. The Morgan fingerprint density at radius 3 is 2.78 bits per heavy atom. The fourth-order valence-electron chi connectivity index (χ4n) is 1.40. The Kier molecular flexibility index (Phi) is 4.27. The Morgan fingerprint density at radius 2 is 2.17 bits per heavy atom. The summed E-state index contributed by atoms with van der Waals surface area (Å²) in [6.45, 7) is 2.53. The molecule has 0 bridgehead atoms. The molecule has 4 N–H and O–H groups in total. The van der Waals surface area contributed by atoms with E-state index in [0.29, 0.717) is 12.5 Å². The number of thiazole rings is 1. The summed E-state index contributed by atoms with van der Waals surface area (Å²) in [5.74, 6) is 5.95. The summed E-state index contributed by atoms with van der Waals surface area (Å²) in [6, 6.07) is 9.73. The Bertz CT molecular complexity index is 520. The van der Waals surface area contributed by atoms with Gasteiger partial charge in [0, 0.05) is 16.8 Å². The van der Waals surface area contributed by atoms with Crippen molar-refractivity contribution >= 4 is 23.0 Å². The van der Waals surface area contributed by atoms with Crippen molar-refractivity contribution in [1.29, 1.82) is 0 Å². The Hall–Kier alpha value is -1.92. The third-order valence-corrected chi connectivity index (χ3v) is 3.11. The highest BCUT2D eigenvalue weighted by Gasteiger charge is 2.00. The maximum absolute atomic E-state index is 5.43. The third kappa shape index (κ3) is 3.54. The third-order valence-electron chi connectivity index (χ3n) is 2.21. The van der Waals surface area contributed by atoms with Crippen LogP contribution in [0, 0.1) is 6.92 Å². The number of nitrogens with zero attached hydrogens (tertiary/aromatic N) is 2. The van der Waals surface area contributed by atoms with E-state index in [1.807, 2.05) is 43.5 Å². The average Bonchev–Trinajstić information content (AvgIpc) is 2.81. The summed E-state index contributed by atoms with van der Waals surface area (Å²) in [6.07, 6.45) is 1.84. The number of para-hydroxylation sites is 1. The first-order valence-corrected chi connectivity index (χ1v) is 6.34. The predicted octanol–water partition coefficient (Wildman–Crippen LogP) is 1.88. The van der Waals surface area contributed by atoms with Crippen LogP contribution in [0.5, 0.6) is 0 Å². The zero-order chi connectivity index (χ0) is 12.8. The van der Waals surface area contributed by atoms with Crippen molar-refractivity contribution < 1.29 is 0 Å². The van der Waals surface area contributed by atoms with Crippen molar-refractivity contribution in [1.82, 2.24) is 10.4 Å². The van der Waals surface area contributed by atoms with Crippen molar-refractivity contribution in [2.75, 3.05) is 5.32 Å². The molecule has 0 aliphatic rings. The molecular formula is C12H15N5S. The fourth-order valence-corrected chi connectivity index (χ4v) is 2.11. The molecule has 0 saturated heterocycles. The summed E-state index contributed by atoms with van der Waals surface area (Å²) < 4.78 is 0. The largest absolute Gasteiger partial charge is 0.325 e. The maximum Gasteiger partial charge on any atom is 0.210 e. The van der Waals surface area contributed by atoms with E-state index in [9.17, 15) is 0 Å². The summed E-state index contributed by atoms with van der Waals surface area (Å²) in [5.41, 5.74) is 3.48. The molecule has 0 amide bonds. The van der Waals surface area contributed by atoms with Crippen LogP contribution < -0.4 is 16.6 Å². The zero-order valence-corrected chi connectivity index (χ0v) is 10.9. The molecule has 2 aromatic rings. The fraction of sp³-hybridized carbons (Fsp3) is 0.167. The van der Waals surface area contributed by atoms with E-state index in [4.69, 9.17) is 5.84 Å². The van der Waals surface area contributed by atoms with Crippen LogP contribution in [0.15, 0.2) is 41.5 Å². The lowest BCUT2D eigenvalue weighted by atomic mass is 10.3. The lowest BCUT2D eigenvalue weighted by molar-refractivity contribution is 0.960. The van der Waals surface area contributed by atoms with Gasteiger partial charge < -0.3 is 5.32 Å². The van der Waals surface area contributed by atoms with Gasteiger partial charge in [-0.1, -0.05) is 18.2 Å². The zero-order valence-electron chi connectivity index (χ0n) is 10.1. The van der Waals surface area contributed by atoms with Crippen molar-refractivity contribution in [2.24, 2.45) is 10.8 Å². The van der Waals surface area contributed by atoms with Crippen LogP contribution in [-0.4, -0.2) is 10.9 Å². The minimum atomic E-state index is 0.512. The molecule has 0 fully saturated rings. The van der Waals surface area contributed by atoms with Gasteiger partial charge in [-0.15, -0.1) is 11.3 Å². The highest BCUT2D eigenvalue weighted by Crippen LogP contribution is 2.12. The molecule has 2 rings (SSSR count). The first-order valence-electron chi connectivity index (χ1n) is 5.52. The summed E-state index contributed by atoms with van der Waals surface area (Å²) in [5, 5.41) is 4.06. The number of hydrazine groups is 1. The molecule has 94 valence electrons. The van der Waals surface area contributed by atoms with Crippen LogP contribution in [0.25, 0.3) is 0 Å². The molecule has 0 aliphatic carbocycles. The molecule has 1 aromatic carbocycles. The van der Waals surface area contributed by atoms with Crippen molar-refractivity contribution in [3.05, 3.63) is 46.4 Å². The second kappa shape index (κ2) is 6.13. The van der Waals surface area contributed by atoms with E-state index < -0.39 is 0 Å². The molecule has 0 spiro atoms. The normalized spacial score (nSPS) is 11.3. The van der Waals surface area contributed by atoms with Crippen LogP contribution in [-0.2, 0) is 6.54 Å². The van der Waals surface area contributed by atoms with Crippen molar-refractivity contribution in [2.45, 2.75) is 13.5 Å². The number of hydrogen-bond donors (Lipinski definition) is 3. The van der Waals surface area contributed by atoms with Crippen LogP contribution in [0.1, 0.15) is 9.88 Å². The minimum absolute atomic E-state index is 0.512. The first kappa shape index (κ1) is 12.5. The van der Waals surface area contributed by atoms with Crippen LogP contribution in [0.3, 0.4) is 0 Å². The molecule has 0 unspecified atom stereocenters. The van der Waals surface area contributed by atoms with E-state index >= 15 is 0 Å². The van der Waals surface area contributed by atoms with Crippen molar-refractivity contribution in [3.8, 4) is 0 Å². The van der Waals surface area contributed by atoms with Gasteiger partial charge in [-0.2, -0.15) is 0 Å². The Morgan fingerprint density at radius 1 is 1.39 bits per heavy atom. The molecule has 0 atom stereocenters. The number of hydrogen-bond acceptors (Lipinski definition) is 4. The lowest BCUT2D eigenvalue weighted by Crippen LogP contribution is -2.36. The minimum Gasteiger partial charge on any atom is -0.325 e. The molecule has 1 heterocycles. The highest BCUT2D eigenvalue weighted by molar-refractivity contribution is 7.11. The summed E-state index contributed by atoms with van der Waals surface area (Å²) in [4.78, 5) is 9.76. The van der Waals surface area contributed by atoms with Gasteiger partial charge in [0.05, 0.1) is 6.54 Å². The van der Waals surface area contributed by atoms with Gasteiger partial charge in [-0.05, 0) is 19.1 Å². The smallest absolute Gasteiger partial charge is 0.210 e. The SMILES string of the molecule is Cc1cnc(CN=C(NN)Nc2ccccc2)s1. The lowest BCUT2D eigenvalue weighted by Gasteiger charge is -2.08. The number of anilines is 1. The Balaban J connectivity index is 2.00. The van der Waals surface area contributed by atoms with Gasteiger partial charge in [0.1, 0.15) is 5.01 Å². The molecule has 0 radical (unpaired) electrons. The number of aromatic nitrogens is 1. The van der Waals surface area contributed by atoms with Gasteiger partial charge >= 0.3 is 0 Å². The number of nitrogens with one attached hydrogen (secondary N) is 2. The number of benzene rings is 1. The predicted molar refractivity (Wildman–Crippen MR) is 75.4 cm³/mol. The summed E-state index contributed by atoms with van der Waals surface area (Å²) in [7, 11) is 0. The topological polar surface area (TPSA) is 75.3 Å². The molecule has 6 heteroatoms. The number of nitrogens with two attached hydrogens (primary N) is 1. The Labute approximate surface area is 110 Å². The molecule has 18 heavy (non-hydrogen) atoms. The number of rotatable bonds is 3. The molecule has 1 aromatic heterocycles. The second-order valence-corrected chi connectivity index (χ2v) is 4.98. The number of guanidine groups is 1. The van der Waals surface area contributed by atoms with Crippen LogP contribution in [0.2, 0.25) is 0 Å². The number of aliphatic imine (C=N–C) groups is 1. The van der Waals surface area contributed by atoms with E-state index in [1.165, 1.54) is 4.88 Å². The van der Waals surface area contributed by atoms with Gasteiger partial charge in [-0.25, -0.2) is 15.8 Å². The molecule has 0 saturated carbocycles. The molecular weight excluding hydrogens is 246 g/mol. The molecule has 5 nitrogen and oxygen atoms in total. The monoisotopic (exact) mass is 261 g/mol. The van der Waals surface area contributed by atoms with Gasteiger partial charge in [-0.3, -0.25) is 5.43 Å². The van der Waals surface area contributed by atoms with Gasteiger partial charge in [0.25, 0.3) is 0 Å². The standard InChI is InChI=1S/C12H15N5S/c1-9-7-14-11(18-9)8-15-12(17-13)16-10-5-3-2-4-6-10/h2-7H,8,13H2,1H3,(H2,15,16,17). The quantitative estimate of drug-likeness (QED) is 0.341. The van der Waals surface area contributed by atoms with Crippen molar-refractivity contribution in [3.63, 3.8) is 0 Å². The first-order chi connectivity index (χ1) is 8.78. The van der Waals surface area contributed by atoms with Crippen LogP contribution in [0.4, 0.5) is 5.69 Å². The van der Waals surface area contributed by atoms with Crippen LogP contribution >= 0.6 is 11.3 Å². The van der Waals surface area contributed by atoms with E-state index in [0.717, 1.165) is 10.7 Å². The highest BCUT2D eigenvalue weighted by atomic mass is 32.1. The summed E-state index contributed by atoms with van der Waals surface area (Å²) >= 11 is 1.63. The maximum atomic E-state index is 5.43. The van der Waals surface area contributed by atoms with Gasteiger partial charge in [0.2, 0.25) is 5.96 Å². The van der Waals surface area contributed by atoms with Gasteiger partial charge in [0.15, 0.2) is 0 Å².